The summed E-state index contributed by atoms with van der Waals surface area (Å²) in [5, 5.41) is 0.515. The number of benzene rings is 1. The fourth-order valence-corrected chi connectivity index (χ4v) is 2.95. The molecule has 0 fully saturated rings. The van der Waals surface area contributed by atoms with Gasteiger partial charge in [-0.3, -0.25) is 0 Å². The highest BCUT2D eigenvalue weighted by molar-refractivity contribution is 9.10. The number of nitrogen functional groups attached to an aromatic ring is 2. The van der Waals surface area contributed by atoms with Crippen LogP contribution in [0.5, 0.6) is 0 Å². The van der Waals surface area contributed by atoms with Gasteiger partial charge in [0.25, 0.3) is 0 Å². The van der Waals surface area contributed by atoms with Gasteiger partial charge in [-0.25, -0.2) is 9.97 Å². The van der Waals surface area contributed by atoms with Crippen LogP contribution < -0.4 is 17.2 Å². The molecule has 0 aliphatic heterocycles. The maximum Gasteiger partial charge on any atom is 0.196 e. The van der Waals surface area contributed by atoms with E-state index in [9.17, 15) is 0 Å². The molecule has 0 spiro atoms. The van der Waals surface area contributed by atoms with E-state index in [2.05, 4.69) is 25.9 Å². The van der Waals surface area contributed by atoms with Crippen molar-refractivity contribution in [2.45, 2.75) is 23.0 Å². The predicted molar refractivity (Wildman–Crippen MR) is 81.7 cm³/mol. The standard InChI is InChI=1S/C12H14BrN5S/c1-6(14)8-4-7(13)2-3-9(8)19-12-17-10(15)5-11(16)18-12/h2-6H,14H2,1H3,(H4,15,16,17,18). The summed E-state index contributed by atoms with van der Waals surface area (Å²) in [5.74, 6) is 0.712. The zero-order valence-electron chi connectivity index (χ0n) is 10.3. The van der Waals surface area contributed by atoms with Gasteiger partial charge in [-0.05, 0) is 42.4 Å². The van der Waals surface area contributed by atoms with Crippen LogP contribution in [0.4, 0.5) is 11.6 Å². The lowest BCUT2D eigenvalue weighted by molar-refractivity contribution is 0.795. The topological polar surface area (TPSA) is 104 Å². The Hall–Kier alpha value is -1.31. The van der Waals surface area contributed by atoms with Crippen LogP contribution >= 0.6 is 27.7 Å². The number of hydrogen-bond acceptors (Lipinski definition) is 6. The van der Waals surface area contributed by atoms with Gasteiger partial charge in [0.1, 0.15) is 11.6 Å². The average molecular weight is 340 g/mol. The summed E-state index contributed by atoms with van der Waals surface area (Å²) in [4.78, 5) is 9.29. The molecule has 0 radical (unpaired) electrons. The van der Waals surface area contributed by atoms with Gasteiger partial charge in [-0.2, -0.15) is 0 Å². The second kappa shape index (κ2) is 5.77. The van der Waals surface area contributed by atoms with Crippen molar-refractivity contribution in [2.24, 2.45) is 5.73 Å². The molecule has 5 nitrogen and oxygen atoms in total. The highest BCUT2D eigenvalue weighted by Gasteiger charge is 2.11. The van der Waals surface area contributed by atoms with Crippen LogP contribution in [-0.4, -0.2) is 9.97 Å². The summed E-state index contributed by atoms with van der Waals surface area (Å²) in [6.45, 7) is 1.93. The highest BCUT2D eigenvalue weighted by Crippen LogP contribution is 2.33. The SMILES string of the molecule is CC(N)c1cc(Br)ccc1Sc1nc(N)cc(N)n1. The summed E-state index contributed by atoms with van der Waals surface area (Å²) < 4.78 is 0.983. The first-order chi connectivity index (χ1) is 8.95. The van der Waals surface area contributed by atoms with Crippen molar-refractivity contribution >= 4 is 39.3 Å². The molecule has 100 valence electrons. The molecule has 1 atom stereocenters. The third kappa shape index (κ3) is 3.59. The van der Waals surface area contributed by atoms with E-state index in [1.165, 1.54) is 17.8 Å². The van der Waals surface area contributed by atoms with E-state index in [1.807, 2.05) is 25.1 Å². The van der Waals surface area contributed by atoms with Gasteiger partial charge in [-0.1, -0.05) is 15.9 Å². The molecule has 0 aliphatic rings. The Bertz CT molecular complexity index is 582. The van der Waals surface area contributed by atoms with E-state index in [4.69, 9.17) is 17.2 Å². The highest BCUT2D eigenvalue weighted by atomic mass is 79.9. The third-order valence-corrected chi connectivity index (χ3v) is 3.86. The molecule has 1 heterocycles. The number of nitrogens with zero attached hydrogens (tertiary/aromatic N) is 2. The van der Waals surface area contributed by atoms with Crippen molar-refractivity contribution in [3.63, 3.8) is 0 Å². The van der Waals surface area contributed by atoms with Crippen molar-refractivity contribution < 1.29 is 0 Å². The second-order valence-electron chi connectivity index (χ2n) is 4.07. The molecule has 0 amide bonds. The minimum Gasteiger partial charge on any atom is -0.383 e. The van der Waals surface area contributed by atoms with Gasteiger partial charge in [0.15, 0.2) is 5.16 Å². The van der Waals surface area contributed by atoms with Crippen molar-refractivity contribution in [2.75, 3.05) is 11.5 Å². The molecule has 0 saturated heterocycles. The Morgan fingerprint density at radius 1 is 1.16 bits per heavy atom. The lowest BCUT2D eigenvalue weighted by atomic mass is 10.1. The van der Waals surface area contributed by atoms with Crippen LogP contribution in [0, 0.1) is 0 Å². The first-order valence-corrected chi connectivity index (χ1v) is 7.19. The van der Waals surface area contributed by atoms with Crippen molar-refractivity contribution in [1.82, 2.24) is 9.97 Å². The van der Waals surface area contributed by atoms with Crippen molar-refractivity contribution in [3.8, 4) is 0 Å². The summed E-state index contributed by atoms with van der Waals surface area (Å²) in [7, 11) is 0. The van der Waals surface area contributed by atoms with Gasteiger partial charge < -0.3 is 17.2 Å². The maximum absolute atomic E-state index is 5.97. The molecule has 1 aromatic heterocycles. The van der Waals surface area contributed by atoms with Crippen molar-refractivity contribution in [1.29, 1.82) is 0 Å². The predicted octanol–water partition coefficient (Wildman–Crippen LogP) is 2.57. The Balaban J connectivity index is 2.37. The summed E-state index contributed by atoms with van der Waals surface area (Å²) in [6.07, 6.45) is 0. The summed E-state index contributed by atoms with van der Waals surface area (Å²) >= 11 is 4.83. The van der Waals surface area contributed by atoms with E-state index in [1.54, 1.807) is 0 Å². The van der Waals surface area contributed by atoms with Crippen LogP contribution in [0.3, 0.4) is 0 Å². The molecule has 0 saturated carbocycles. The van der Waals surface area contributed by atoms with E-state index in [0.717, 1.165) is 14.9 Å². The summed E-state index contributed by atoms with van der Waals surface area (Å²) in [6, 6.07) is 7.35. The Labute approximate surface area is 124 Å². The molecule has 1 unspecified atom stereocenters. The third-order valence-electron chi connectivity index (χ3n) is 2.41. The Kier molecular flexibility index (Phi) is 4.28. The number of halogens is 1. The number of rotatable bonds is 3. The lowest BCUT2D eigenvalue weighted by Gasteiger charge is -2.12. The second-order valence-corrected chi connectivity index (χ2v) is 6.00. The fraction of sp³-hybridized carbons (Fsp3) is 0.167. The van der Waals surface area contributed by atoms with Gasteiger partial charge in [0, 0.05) is 21.5 Å². The van der Waals surface area contributed by atoms with Crippen LogP contribution in [0.25, 0.3) is 0 Å². The number of hydrogen-bond donors (Lipinski definition) is 3. The molecule has 2 rings (SSSR count). The van der Waals surface area contributed by atoms with Crippen molar-refractivity contribution in [3.05, 3.63) is 34.3 Å². The quantitative estimate of drug-likeness (QED) is 0.742. The zero-order valence-corrected chi connectivity index (χ0v) is 12.7. The van der Waals surface area contributed by atoms with Gasteiger partial charge in [-0.15, -0.1) is 0 Å². The smallest absolute Gasteiger partial charge is 0.196 e. The number of nitrogens with two attached hydrogens (primary N) is 3. The van der Waals surface area contributed by atoms with Crippen LogP contribution in [0.15, 0.2) is 38.8 Å². The minimum atomic E-state index is -0.0848. The minimum absolute atomic E-state index is 0.0848. The molecular formula is C12H14BrN5S. The molecule has 6 N–H and O–H groups in total. The average Bonchev–Trinajstić information content (AvgIpc) is 2.30. The first kappa shape index (κ1) is 14.1. The molecule has 0 aliphatic carbocycles. The molecule has 0 bridgehead atoms. The number of anilines is 2. The molecule has 19 heavy (non-hydrogen) atoms. The molecule has 2 aromatic rings. The van der Waals surface area contributed by atoms with Gasteiger partial charge in [0.05, 0.1) is 0 Å². The van der Waals surface area contributed by atoms with E-state index in [-0.39, 0.29) is 6.04 Å². The summed E-state index contributed by atoms with van der Waals surface area (Å²) in [5.41, 5.74) is 18.3. The number of aromatic nitrogens is 2. The normalized spacial score (nSPS) is 12.4. The molecule has 7 heteroatoms. The first-order valence-electron chi connectivity index (χ1n) is 5.58. The zero-order chi connectivity index (χ0) is 14.0. The van der Waals surface area contributed by atoms with Crippen LogP contribution in [0.2, 0.25) is 0 Å². The Morgan fingerprint density at radius 3 is 2.37 bits per heavy atom. The van der Waals surface area contributed by atoms with Crippen LogP contribution in [0.1, 0.15) is 18.5 Å². The fourth-order valence-electron chi connectivity index (χ4n) is 1.57. The molecule has 1 aromatic carbocycles. The van der Waals surface area contributed by atoms with Crippen LogP contribution in [-0.2, 0) is 0 Å². The Morgan fingerprint density at radius 2 is 1.79 bits per heavy atom. The van der Waals surface area contributed by atoms with E-state index in [0.29, 0.717) is 16.8 Å². The van der Waals surface area contributed by atoms with Gasteiger partial charge >= 0.3 is 0 Å². The maximum atomic E-state index is 5.97. The van der Waals surface area contributed by atoms with Gasteiger partial charge in [0.2, 0.25) is 0 Å². The largest absolute Gasteiger partial charge is 0.383 e. The monoisotopic (exact) mass is 339 g/mol. The van der Waals surface area contributed by atoms with E-state index < -0.39 is 0 Å². The van der Waals surface area contributed by atoms with E-state index >= 15 is 0 Å². The lowest BCUT2D eigenvalue weighted by Crippen LogP contribution is -2.06. The molecular weight excluding hydrogens is 326 g/mol.